The molecule has 4 rings (SSSR count). The third kappa shape index (κ3) is 4.15. The lowest BCUT2D eigenvalue weighted by atomic mass is 10.1. The molecule has 0 aromatic heterocycles. The summed E-state index contributed by atoms with van der Waals surface area (Å²) in [5.41, 5.74) is 4.72. The third-order valence-electron chi connectivity index (χ3n) is 4.64. The van der Waals surface area contributed by atoms with E-state index in [9.17, 15) is 0 Å². The Bertz CT molecular complexity index is 892. The quantitative estimate of drug-likeness (QED) is 0.781. The van der Waals surface area contributed by atoms with Gasteiger partial charge in [0.25, 0.3) is 0 Å². The van der Waals surface area contributed by atoms with Gasteiger partial charge in [0.1, 0.15) is 5.82 Å². The predicted octanol–water partition coefficient (Wildman–Crippen LogP) is 4.77. The van der Waals surface area contributed by atoms with E-state index < -0.39 is 0 Å². The molecular weight excluding hydrogens is 376 g/mol. The third-order valence-corrected chi connectivity index (χ3v) is 5.47. The van der Waals surface area contributed by atoms with Gasteiger partial charge in [0.2, 0.25) is 5.96 Å². The maximum atomic E-state index is 4.88. The minimum atomic E-state index is 0. The van der Waals surface area contributed by atoms with Crippen LogP contribution >= 0.6 is 24.2 Å². The first-order valence-corrected chi connectivity index (χ1v) is 9.75. The summed E-state index contributed by atoms with van der Waals surface area (Å²) in [6.45, 7) is 2.10. The SMILES string of the molecule is Cc1ccccc1NC1=NC2C=CSCC2=C(N(C)c2ccccc2)N1.Cl. The molecule has 2 aliphatic heterocycles. The van der Waals surface area contributed by atoms with E-state index in [-0.39, 0.29) is 18.4 Å². The van der Waals surface area contributed by atoms with Gasteiger partial charge in [0.05, 0.1) is 6.04 Å². The Hall–Kier alpha value is -2.37. The van der Waals surface area contributed by atoms with E-state index in [1.165, 1.54) is 11.1 Å². The maximum absolute atomic E-state index is 4.88. The lowest BCUT2D eigenvalue weighted by Gasteiger charge is -2.34. The van der Waals surface area contributed by atoms with Crippen LogP contribution in [-0.4, -0.2) is 24.8 Å². The molecule has 0 fully saturated rings. The number of nitrogens with one attached hydrogen (secondary N) is 2. The summed E-state index contributed by atoms with van der Waals surface area (Å²) >= 11 is 1.81. The van der Waals surface area contributed by atoms with Gasteiger partial charge in [-0.1, -0.05) is 36.4 Å². The smallest absolute Gasteiger partial charge is 0.202 e. The molecular formula is C21H23ClN4S. The highest BCUT2D eigenvalue weighted by molar-refractivity contribution is 8.02. The van der Waals surface area contributed by atoms with E-state index in [0.717, 1.165) is 28.9 Å². The van der Waals surface area contributed by atoms with Crippen molar-refractivity contribution in [1.82, 2.24) is 5.32 Å². The molecule has 0 radical (unpaired) electrons. The number of guanidine groups is 1. The fourth-order valence-electron chi connectivity index (χ4n) is 3.15. The Morgan fingerprint density at radius 3 is 2.63 bits per heavy atom. The van der Waals surface area contributed by atoms with Crippen LogP contribution < -0.4 is 15.5 Å². The largest absolute Gasteiger partial charge is 0.331 e. The van der Waals surface area contributed by atoms with Gasteiger partial charge < -0.3 is 15.5 Å². The van der Waals surface area contributed by atoms with E-state index in [2.05, 4.69) is 77.4 Å². The molecule has 0 saturated heterocycles. The minimum absolute atomic E-state index is 0. The number of hydrogen-bond donors (Lipinski definition) is 2. The number of hydrogen-bond acceptors (Lipinski definition) is 5. The molecule has 0 bridgehead atoms. The van der Waals surface area contributed by atoms with E-state index in [4.69, 9.17) is 4.99 Å². The Balaban J connectivity index is 0.00000210. The van der Waals surface area contributed by atoms with Gasteiger partial charge in [-0.3, -0.25) is 0 Å². The standard InChI is InChI=1S/C21H22N4S.ClH/c1-15-8-6-7-11-18(15)22-21-23-19-12-13-26-14-17(19)20(24-21)25(2)16-9-4-3-5-10-16;/h3-13,19H,14H2,1-2H3,(H2,22,23,24);1H. The second-order valence-corrected chi connectivity index (χ2v) is 7.29. The van der Waals surface area contributed by atoms with E-state index >= 15 is 0 Å². The molecule has 0 saturated carbocycles. The number of para-hydroxylation sites is 2. The number of thioether (sulfide) groups is 1. The number of benzene rings is 2. The summed E-state index contributed by atoms with van der Waals surface area (Å²) in [6, 6.07) is 18.7. The zero-order chi connectivity index (χ0) is 17.9. The highest BCUT2D eigenvalue weighted by Crippen LogP contribution is 2.30. The zero-order valence-electron chi connectivity index (χ0n) is 15.3. The van der Waals surface area contributed by atoms with Crippen molar-refractivity contribution in [2.45, 2.75) is 13.0 Å². The number of halogens is 1. The lowest BCUT2D eigenvalue weighted by molar-refractivity contribution is 0.817. The molecule has 140 valence electrons. The summed E-state index contributed by atoms with van der Waals surface area (Å²) in [7, 11) is 2.10. The fraction of sp³-hybridized carbons (Fsp3) is 0.190. The van der Waals surface area contributed by atoms with E-state index in [1.807, 2.05) is 30.0 Å². The van der Waals surface area contributed by atoms with Crippen molar-refractivity contribution in [2.24, 2.45) is 4.99 Å². The molecule has 1 atom stereocenters. The van der Waals surface area contributed by atoms with Gasteiger partial charge in [-0.05, 0) is 42.2 Å². The van der Waals surface area contributed by atoms with Crippen LogP contribution in [0.5, 0.6) is 0 Å². The van der Waals surface area contributed by atoms with Crippen molar-refractivity contribution < 1.29 is 0 Å². The van der Waals surface area contributed by atoms with Crippen LogP contribution in [0.15, 0.2) is 82.5 Å². The van der Waals surface area contributed by atoms with Gasteiger partial charge in [0, 0.05) is 29.7 Å². The summed E-state index contributed by atoms with van der Waals surface area (Å²) in [5.74, 6) is 2.83. The number of aliphatic imine (C=N–C) groups is 1. The van der Waals surface area contributed by atoms with Crippen LogP contribution in [0, 0.1) is 6.92 Å². The zero-order valence-corrected chi connectivity index (χ0v) is 17.0. The van der Waals surface area contributed by atoms with E-state index in [0.29, 0.717) is 0 Å². The Morgan fingerprint density at radius 2 is 1.85 bits per heavy atom. The van der Waals surface area contributed by atoms with Gasteiger partial charge >= 0.3 is 0 Å². The van der Waals surface area contributed by atoms with Crippen molar-refractivity contribution >= 4 is 41.5 Å². The Labute approximate surface area is 170 Å². The van der Waals surface area contributed by atoms with Crippen LogP contribution in [0.4, 0.5) is 11.4 Å². The van der Waals surface area contributed by atoms with Crippen LogP contribution in [-0.2, 0) is 0 Å². The maximum Gasteiger partial charge on any atom is 0.202 e. The van der Waals surface area contributed by atoms with Gasteiger partial charge in [-0.15, -0.1) is 24.2 Å². The number of rotatable bonds is 3. The topological polar surface area (TPSA) is 39.7 Å². The number of fused-ring (bicyclic) bond motifs is 1. The van der Waals surface area contributed by atoms with E-state index in [1.54, 1.807) is 0 Å². The number of nitrogens with zero attached hydrogens (tertiary/aromatic N) is 2. The molecule has 6 heteroatoms. The van der Waals surface area contributed by atoms with Gasteiger partial charge in [0.15, 0.2) is 0 Å². The van der Waals surface area contributed by atoms with Crippen LogP contribution in [0.3, 0.4) is 0 Å². The van der Waals surface area contributed by atoms with Crippen molar-refractivity contribution in [3.63, 3.8) is 0 Å². The van der Waals surface area contributed by atoms with Gasteiger partial charge in [-0.2, -0.15) is 0 Å². The van der Waals surface area contributed by atoms with Gasteiger partial charge in [-0.25, -0.2) is 4.99 Å². The van der Waals surface area contributed by atoms with Crippen molar-refractivity contribution in [2.75, 3.05) is 23.0 Å². The van der Waals surface area contributed by atoms with Crippen LogP contribution in [0.2, 0.25) is 0 Å². The fourth-order valence-corrected chi connectivity index (χ4v) is 3.99. The highest BCUT2D eigenvalue weighted by Gasteiger charge is 2.27. The summed E-state index contributed by atoms with van der Waals surface area (Å²) < 4.78 is 0. The lowest BCUT2D eigenvalue weighted by Crippen LogP contribution is -2.44. The van der Waals surface area contributed by atoms with Crippen molar-refractivity contribution in [1.29, 1.82) is 0 Å². The number of aryl methyl sites for hydroxylation is 1. The number of anilines is 2. The molecule has 27 heavy (non-hydrogen) atoms. The molecule has 0 spiro atoms. The minimum Gasteiger partial charge on any atom is -0.331 e. The molecule has 2 heterocycles. The second-order valence-electron chi connectivity index (χ2n) is 6.40. The molecule has 2 aromatic rings. The molecule has 0 amide bonds. The molecule has 0 aliphatic carbocycles. The second kappa shape index (κ2) is 8.55. The average Bonchev–Trinajstić information content (AvgIpc) is 2.69. The first kappa shape index (κ1) is 19.4. The summed E-state index contributed by atoms with van der Waals surface area (Å²) in [5, 5.41) is 9.13. The normalized spacial score (nSPS) is 18.0. The highest BCUT2D eigenvalue weighted by atomic mass is 35.5. The summed E-state index contributed by atoms with van der Waals surface area (Å²) in [4.78, 5) is 7.08. The Morgan fingerprint density at radius 1 is 1.11 bits per heavy atom. The first-order valence-electron chi connectivity index (χ1n) is 8.70. The molecule has 4 nitrogen and oxygen atoms in total. The Kier molecular flexibility index (Phi) is 6.14. The first-order chi connectivity index (χ1) is 12.7. The molecule has 1 unspecified atom stereocenters. The van der Waals surface area contributed by atoms with Crippen molar-refractivity contribution in [3.8, 4) is 0 Å². The van der Waals surface area contributed by atoms with Crippen molar-refractivity contribution in [3.05, 3.63) is 83.0 Å². The van der Waals surface area contributed by atoms with Crippen LogP contribution in [0.1, 0.15) is 5.56 Å². The monoisotopic (exact) mass is 398 g/mol. The molecule has 2 N–H and O–H groups in total. The average molecular weight is 399 g/mol. The summed E-state index contributed by atoms with van der Waals surface area (Å²) in [6.07, 6.45) is 2.17. The van der Waals surface area contributed by atoms with Crippen LogP contribution in [0.25, 0.3) is 0 Å². The molecule has 2 aromatic carbocycles. The predicted molar refractivity (Wildman–Crippen MR) is 120 cm³/mol. The molecule has 2 aliphatic rings.